The van der Waals surface area contributed by atoms with Crippen molar-refractivity contribution in [3.8, 4) is 0 Å². The van der Waals surface area contributed by atoms with E-state index < -0.39 is 9.84 Å². The van der Waals surface area contributed by atoms with Crippen molar-refractivity contribution in [3.63, 3.8) is 0 Å². The van der Waals surface area contributed by atoms with Gasteiger partial charge in [-0.05, 0) is 19.4 Å². The van der Waals surface area contributed by atoms with Crippen LogP contribution < -0.4 is 5.32 Å². The molecule has 0 saturated heterocycles. The van der Waals surface area contributed by atoms with E-state index in [0.717, 1.165) is 25.8 Å². The van der Waals surface area contributed by atoms with Gasteiger partial charge in [0, 0.05) is 11.8 Å². The SMILES string of the molecule is CCS(=O)(=O)CCCCCNC(C)C. The lowest BCUT2D eigenvalue weighted by atomic mass is 10.2. The molecular weight excluding hydrogens is 198 g/mol. The molecule has 0 aromatic heterocycles. The van der Waals surface area contributed by atoms with Crippen molar-refractivity contribution in [1.29, 1.82) is 0 Å². The molecule has 0 fully saturated rings. The molecule has 0 rings (SSSR count). The van der Waals surface area contributed by atoms with Gasteiger partial charge in [0.15, 0.2) is 0 Å². The Hall–Kier alpha value is -0.0900. The summed E-state index contributed by atoms with van der Waals surface area (Å²) in [4.78, 5) is 0. The summed E-state index contributed by atoms with van der Waals surface area (Å²) in [5.41, 5.74) is 0. The van der Waals surface area contributed by atoms with E-state index in [1.165, 1.54) is 0 Å². The molecular formula is C10H23NO2S. The fraction of sp³-hybridized carbons (Fsp3) is 1.00. The standard InChI is InChI=1S/C10H23NO2S/c1-4-14(12,13)9-7-5-6-8-11-10(2)3/h10-11H,4-9H2,1-3H3. The van der Waals surface area contributed by atoms with Crippen LogP contribution in [0.5, 0.6) is 0 Å². The quantitative estimate of drug-likeness (QED) is 0.633. The van der Waals surface area contributed by atoms with Gasteiger partial charge >= 0.3 is 0 Å². The molecule has 0 aromatic carbocycles. The average molecular weight is 221 g/mol. The Morgan fingerprint density at radius 3 is 2.29 bits per heavy atom. The molecule has 1 N–H and O–H groups in total. The monoisotopic (exact) mass is 221 g/mol. The van der Waals surface area contributed by atoms with Crippen molar-refractivity contribution in [2.75, 3.05) is 18.1 Å². The highest BCUT2D eigenvalue weighted by Gasteiger charge is 2.05. The number of hydrogen-bond acceptors (Lipinski definition) is 3. The zero-order valence-electron chi connectivity index (χ0n) is 9.54. The second kappa shape index (κ2) is 7.23. The molecule has 0 atom stereocenters. The van der Waals surface area contributed by atoms with Crippen molar-refractivity contribution < 1.29 is 8.42 Å². The normalized spacial score (nSPS) is 12.3. The minimum atomic E-state index is -2.74. The van der Waals surface area contributed by atoms with Crippen molar-refractivity contribution in [3.05, 3.63) is 0 Å². The molecule has 0 heterocycles. The van der Waals surface area contributed by atoms with Crippen molar-refractivity contribution in [2.24, 2.45) is 0 Å². The molecule has 4 heteroatoms. The molecule has 86 valence electrons. The molecule has 0 aliphatic carbocycles. The fourth-order valence-electron chi connectivity index (χ4n) is 1.16. The second-order valence-corrected chi connectivity index (χ2v) is 6.38. The molecule has 0 aliphatic rings. The Balaban J connectivity index is 3.31. The first-order chi connectivity index (χ1) is 6.48. The number of unbranched alkanes of at least 4 members (excludes halogenated alkanes) is 2. The van der Waals surface area contributed by atoms with Crippen LogP contribution in [-0.4, -0.2) is 32.5 Å². The average Bonchev–Trinajstić information content (AvgIpc) is 2.10. The van der Waals surface area contributed by atoms with Gasteiger partial charge in [-0.3, -0.25) is 0 Å². The van der Waals surface area contributed by atoms with Gasteiger partial charge in [-0.15, -0.1) is 0 Å². The highest BCUT2D eigenvalue weighted by molar-refractivity contribution is 7.91. The van der Waals surface area contributed by atoms with E-state index >= 15 is 0 Å². The van der Waals surface area contributed by atoms with Gasteiger partial charge in [-0.1, -0.05) is 27.2 Å². The van der Waals surface area contributed by atoms with Crippen LogP contribution >= 0.6 is 0 Å². The summed E-state index contributed by atoms with van der Waals surface area (Å²) in [6, 6.07) is 0.523. The van der Waals surface area contributed by atoms with Gasteiger partial charge in [0.05, 0.1) is 5.75 Å². The molecule has 0 aliphatic heterocycles. The predicted molar refractivity (Wildman–Crippen MR) is 61.3 cm³/mol. The summed E-state index contributed by atoms with van der Waals surface area (Å²) >= 11 is 0. The van der Waals surface area contributed by atoms with Crippen LogP contribution in [0.15, 0.2) is 0 Å². The van der Waals surface area contributed by atoms with Crippen LogP contribution in [0.2, 0.25) is 0 Å². The number of rotatable bonds is 8. The number of hydrogen-bond donors (Lipinski definition) is 1. The van der Waals surface area contributed by atoms with E-state index in [1.54, 1.807) is 6.92 Å². The summed E-state index contributed by atoms with van der Waals surface area (Å²) in [6.45, 7) is 6.92. The molecule has 14 heavy (non-hydrogen) atoms. The topological polar surface area (TPSA) is 46.2 Å². The van der Waals surface area contributed by atoms with Gasteiger partial charge in [0.1, 0.15) is 9.84 Å². The van der Waals surface area contributed by atoms with E-state index in [1.807, 2.05) is 0 Å². The first-order valence-corrected chi connectivity index (χ1v) is 7.24. The van der Waals surface area contributed by atoms with Crippen LogP contribution in [0.4, 0.5) is 0 Å². The van der Waals surface area contributed by atoms with Crippen LogP contribution in [-0.2, 0) is 9.84 Å². The Labute approximate surface area is 88.2 Å². The van der Waals surface area contributed by atoms with Gasteiger partial charge < -0.3 is 5.32 Å². The maximum atomic E-state index is 11.1. The first kappa shape index (κ1) is 13.9. The first-order valence-electron chi connectivity index (χ1n) is 5.41. The van der Waals surface area contributed by atoms with Gasteiger partial charge in [0.2, 0.25) is 0 Å². The lowest BCUT2D eigenvalue weighted by molar-refractivity contribution is 0.551. The van der Waals surface area contributed by atoms with Crippen LogP contribution in [0.25, 0.3) is 0 Å². The zero-order chi connectivity index (χ0) is 11.0. The molecule has 0 saturated carbocycles. The lowest BCUT2D eigenvalue weighted by Gasteiger charge is -2.07. The molecule has 0 bridgehead atoms. The molecule has 0 spiro atoms. The summed E-state index contributed by atoms with van der Waals surface area (Å²) in [6.07, 6.45) is 2.87. The smallest absolute Gasteiger partial charge is 0.150 e. The highest BCUT2D eigenvalue weighted by Crippen LogP contribution is 2.00. The summed E-state index contributed by atoms with van der Waals surface area (Å²) in [5.74, 6) is 0.627. The lowest BCUT2D eigenvalue weighted by Crippen LogP contribution is -2.23. The fourth-order valence-corrected chi connectivity index (χ4v) is 2.09. The van der Waals surface area contributed by atoms with Gasteiger partial charge in [0.25, 0.3) is 0 Å². The molecule has 0 radical (unpaired) electrons. The van der Waals surface area contributed by atoms with Gasteiger partial charge in [-0.2, -0.15) is 0 Å². The van der Waals surface area contributed by atoms with Crippen molar-refractivity contribution >= 4 is 9.84 Å². The van der Waals surface area contributed by atoms with Crippen LogP contribution in [0.3, 0.4) is 0 Å². The highest BCUT2D eigenvalue weighted by atomic mass is 32.2. The van der Waals surface area contributed by atoms with Gasteiger partial charge in [-0.25, -0.2) is 8.42 Å². The Kier molecular flexibility index (Phi) is 7.19. The largest absolute Gasteiger partial charge is 0.315 e. The van der Waals surface area contributed by atoms with E-state index in [-0.39, 0.29) is 5.75 Å². The molecule has 0 amide bonds. The summed E-state index contributed by atoms with van der Waals surface area (Å²) in [7, 11) is -2.74. The van der Waals surface area contributed by atoms with Crippen molar-refractivity contribution in [2.45, 2.75) is 46.1 Å². The molecule has 3 nitrogen and oxygen atoms in total. The maximum Gasteiger partial charge on any atom is 0.150 e. The molecule has 0 aromatic rings. The minimum Gasteiger partial charge on any atom is -0.315 e. The third-order valence-electron chi connectivity index (χ3n) is 2.12. The van der Waals surface area contributed by atoms with Crippen molar-refractivity contribution in [1.82, 2.24) is 5.32 Å². The zero-order valence-corrected chi connectivity index (χ0v) is 10.4. The predicted octanol–water partition coefficient (Wildman–Crippen LogP) is 1.59. The van der Waals surface area contributed by atoms with Crippen LogP contribution in [0, 0.1) is 0 Å². The molecule has 0 unspecified atom stereocenters. The Morgan fingerprint density at radius 1 is 1.14 bits per heavy atom. The second-order valence-electron chi connectivity index (χ2n) is 3.91. The third-order valence-corrected chi connectivity index (χ3v) is 3.91. The van der Waals surface area contributed by atoms with E-state index in [9.17, 15) is 8.42 Å². The van der Waals surface area contributed by atoms with E-state index in [0.29, 0.717) is 11.8 Å². The van der Waals surface area contributed by atoms with E-state index in [4.69, 9.17) is 0 Å². The number of sulfone groups is 1. The van der Waals surface area contributed by atoms with Crippen LogP contribution in [0.1, 0.15) is 40.0 Å². The Bertz CT molecular complexity index is 222. The third kappa shape index (κ3) is 8.51. The Morgan fingerprint density at radius 2 is 1.79 bits per heavy atom. The minimum absolute atomic E-state index is 0.275. The summed E-state index contributed by atoms with van der Waals surface area (Å²) < 4.78 is 22.2. The number of nitrogens with one attached hydrogen (secondary N) is 1. The van der Waals surface area contributed by atoms with E-state index in [2.05, 4.69) is 19.2 Å². The maximum absolute atomic E-state index is 11.1. The summed E-state index contributed by atoms with van der Waals surface area (Å²) in [5, 5.41) is 3.31.